The van der Waals surface area contributed by atoms with Crippen LogP contribution in [-0.4, -0.2) is 23.6 Å². The molecule has 1 heterocycles. The molecule has 82 valence electrons. The minimum absolute atomic E-state index is 0.0506. The van der Waals surface area contributed by atoms with Crippen molar-refractivity contribution in [3.63, 3.8) is 0 Å². The fourth-order valence-electron chi connectivity index (χ4n) is 1.66. The summed E-state index contributed by atoms with van der Waals surface area (Å²) in [6.45, 7) is 9.80. The van der Waals surface area contributed by atoms with Crippen molar-refractivity contribution in [1.82, 2.24) is 4.90 Å². The molecule has 0 atom stereocenters. The average molecular weight is 206 g/mol. The first kappa shape index (κ1) is 11.6. The molecule has 1 aliphatic heterocycles. The first-order chi connectivity index (χ1) is 7.01. The van der Waals surface area contributed by atoms with E-state index in [1.807, 2.05) is 6.08 Å². The lowest BCUT2D eigenvalue weighted by Gasteiger charge is -2.28. The monoisotopic (exact) mass is 206 g/mol. The summed E-state index contributed by atoms with van der Waals surface area (Å²) in [6, 6.07) is 2.08. The Balaban J connectivity index is 2.86. The zero-order valence-electron chi connectivity index (χ0n) is 9.87. The molecule has 0 aliphatic carbocycles. The minimum Gasteiger partial charge on any atom is -0.477 e. The molecule has 1 aliphatic rings. The van der Waals surface area contributed by atoms with Crippen LogP contribution >= 0.6 is 0 Å². The van der Waals surface area contributed by atoms with Crippen LogP contribution in [0.2, 0.25) is 0 Å². The Hall–Kier alpha value is -1.43. The van der Waals surface area contributed by atoms with Crippen molar-refractivity contribution in [2.24, 2.45) is 0 Å². The van der Waals surface area contributed by atoms with Gasteiger partial charge < -0.3 is 9.64 Å². The van der Waals surface area contributed by atoms with Crippen LogP contribution in [0.5, 0.6) is 0 Å². The van der Waals surface area contributed by atoms with Gasteiger partial charge in [0.15, 0.2) is 5.88 Å². The third kappa shape index (κ3) is 2.53. The molecule has 1 fully saturated rings. The molecule has 0 aromatic heterocycles. The van der Waals surface area contributed by atoms with E-state index in [4.69, 9.17) is 10.00 Å². The van der Waals surface area contributed by atoms with E-state index in [2.05, 4.69) is 31.7 Å². The van der Waals surface area contributed by atoms with E-state index in [1.54, 1.807) is 13.0 Å². The van der Waals surface area contributed by atoms with Crippen molar-refractivity contribution in [3.8, 4) is 6.07 Å². The zero-order chi connectivity index (χ0) is 11.5. The second kappa shape index (κ2) is 4.39. The predicted molar refractivity (Wildman–Crippen MR) is 59.9 cm³/mol. The molecule has 3 nitrogen and oxygen atoms in total. The Morgan fingerprint density at radius 1 is 1.67 bits per heavy atom. The van der Waals surface area contributed by atoms with Crippen molar-refractivity contribution in [2.45, 2.75) is 33.2 Å². The van der Waals surface area contributed by atoms with Crippen LogP contribution in [0.4, 0.5) is 0 Å². The smallest absolute Gasteiger partial charge is 0.189 e. The second-order valence-corrected chi connectivity index (χ2v) is 4.31. The van der Waals surface area contributed by atoms with Gasteiger partial charge in [-0.1, -0.05) is 0 Å². The van der Waals surface area contributed by atoms with Crippen LogP contribution < -0.4 is 0 Å². The Morgan fingerprint density at radius 2 is 2.33 bits per heavy atom. The lowest BCUT2D eigenvalue weighted by atomic mass is 10.1. The van der Waals surface area contributed by atoms with Crippen LogP contribution in [0.25, 0.3) is 0 Å². The van der Waals surface area contributed by atoms with Gasteiger partial charge in [0.2, 0.25) is 0 Å². The molecule has 0 bridgehead atoms. The highest BCUT2D eigenvalue weighted by Gasteiger charge is 2.35. The number of hydrogen-bond donors (Lipinski definition) is 0. The highest BCUT2D eigenvalue weighted by Crippen LogP contribution is 2.28. The van der Waals surface area contributed by atoms with Gasteiger partial charge >= 0.3 is 0 Å². The van der Waals surface area contributed by atoms with Crippen LogP contribution in [0.1, 0.15) is 27.7 Å². The van der Waals surface area contributed by atoms with Gasteiger partial charge in [-0.3, -0.25) is 0 Å². The number of rotatable bonds is 2. The molecule has 3 heteroatoms. The average Bonchev–Trinajstić information content (AvgIpc) is 2.49. The summed E-state index contributed by atoms with van der Waals surface area (Å²) in [4.78, 5) is 2.20. The first-order valence-electron chi connectivity index (χ1n) is 5.20. The number of nitrogens with zero attached hydrogens (tertiary/aromatic N) is 2. The van der Waals surface area contributed by atoms with E-state index in [0.717, 1.165) is 12.4 Å². The fraction of sp³-hybridized carbons (Fsp3) is 0.583. The number of ether oxygens (including phenoxy) is 1. The Labute approximate surface area is 91.6 Å². The van der Waals surface area contributed by atoms with E-state index < -0.39 is 0 Å². The van der Waals surface area contributed by atoms with E-state index in [0.29, 0.717) is 12.2 Å². The highest BCUT2D eigenvalue weighted by atomic mass is 16.5. The lowest BCUT2D eigenvalue weighted by Crippen LogP contribution is -2.39. The first-order valence-corrected chi connectivity index (χ1v) is 5.20. The van der Waals surface area contributed by atoms with Gasteiger partial charge in [0.05, 0.1) is 11.6 Å². The van der Waals surface area contributed by atoms with Crippen molar-refractivity contribution < 1.29 is 4.74 Å². The molecule has 0 aromatic rings. The van der Waals surface area contributed by atoms with Crippen LogP contribution in [0.15, 0.2) is 23.6 Å². The molecule has 0 spiro atoms. The molecular formula is C12H18N2O. The number of hydrogen-bond acceptors (Lipinski definition) is 3. The molecule has 15 heavy (non-hydrogen) atoms. The quantitative estimate of drug-likeness (QED) is 0.651. The van der Waals surface area contributed by atoms with Gasteiger partial charge in [-0.2, -0.15) is 5.26 Å². The van der Waals surface area contributed by atoms with Gasteiger partial charge in [-0.25, -0.2) is 0 Å². The molecule has 0 amide bonds. The van der Waals surface area contributed by atoms with Crippen molar-refractivity contribution in [2.75, 3.05) is 13.2 Å². The maximum absolute atomic E-state index is 8.63. The number of likely N-dealkylation sites (N-methyl/N-ethyl adjacent to an activating group) is 1. The van der Waals surface area contributed by atoms with Crippen LogP contribution in [0, 0.1) is 11.3 Å². The molecule has 0 unspecified atom stereocenters. The minimum atomic E-state index is 0.0506. The van der Waals surface area contributed by atoms with Gasteiger partial charge in [-0.05, 0) is 39.8 Å². The summed E-state index contributed by atoms with van der Waals surface area (Å²) in [5.74, 6) is 0.858. The van der Waals surface area contributed by atoms with Crippen molar-refractivity contribution in [3.05, 3.63) is 23.6 Å². The summed E-state index contributed by atoms with van der Waals surface area (Å²) in [7, 11) is 0. The largest absolute Gasteiger partial charge is 0.477 e. The zero-order valence-corrected chi connectivity index (χ0v) is 9.87. The standard InChI is InChI=1S/C12H18N2O/c1-5-14-11(7-6-10(2)8-13)15-9-12(14,3)4/h6-7H,5,9H2,1-4H3/b10-6+,11-7-. The third-order valence-corrected chi connectivity index (χ3v) is 2.54. The van der Waals surface area contributed by atoms with E-state index in [9.17, 15) is 0 Å². The molecule has 0 N–H and O–H groups in total. The molecule has 0 aromatic carbocycles. The van der Waals surface area contributed by atoms with Gasteiger partial charge in [0.1, 0.15) is 6.61 Å². The fourth-order valence-corrected chi connectivity index (χ4v) is 1.66. The van der Waals surface area contributed by atoms with Crippen LogP contribution in [-0.2, 0) is 4.74 Å². The van der Waals surface area contributed by atoms with E-state index >= 15 is 0 Å². The summed E-state index contributed by atoms with van der Waals surface area (Å²) in [5.41, 5.74) is 0.737. The summed E-state index contributed by atoms with van der Waals surface area (Å²) in [6.07, 6.45) is 3.66. The highest BCUT2D eigenvalue weighted by molar-refractivity contribution is 5.25. The van der Waals surface area contributed by atoms with Gasteiger partial charge in [0.25, 0.3) is 0 Å². The number of allylic oxidation sites excluding steroid dienone is 3. The topological polar surface area (TPSA) is 36.3 Å². The molecule has 0 saturated carbocycles. The summed E-state index contributed by atoms with van der Waals surface area (Å²) >= 11 is 0. The maximum Gasteiger partial charge on any atom is 0.189 e. The van der Waals surface area contributed by atoms with Gasteiger partial charge in [0, 0.05) is 12.1 Å². The SMILES string of the molecule is CCN1/C(=C/C=C(\C)C#N)OCC1(C)C. The van der Waals surface area contributed by atoms with Crippen molar-refractivity contribution >= 4 is 0 Å². The predicted octanol–water partition coefficient (Wildman–Crippen LogP) is 2.43. The maximum atomic E-state index is 8.63. The number of nitriles is 1. The van der Waals surface area contributed by atoms with Crippen molar-refractivity contribution in [1.29, 1.82) is 5.26 Å². The van der Waals surface area contributed by atoms with E-state index in [-0.39, 0.29) is 5.54 Å². The van der Waals surface area contributed by atoms with E-state index in [1.165, 1.54) is 0 Å². The normalized spacial score (nSPS) is 22.7. The van der Waals surface area contributed by atoms with Crippen LogP contribution in [0.3, 0.4) is 0 Å². The Morgan fingerprint density at radius 3 is 2.87 bits per heavy atom. The summed E-state index contributed by atoms with van der Waals surface area (Å²) < 4.78 is 5.60. The second-order valence-electron chi connectivity index (χ2n) is 4.31. The molecular weight excluding hydrogens is 188 g/mol. The Bertz CT molecular complexity index is 334. The lowest BCUT2D eigenvalue weighted by molar-refractivity contribution is 0.228. The molecule has 1 saturated heterocycles. The molecule has 1 rings (SSSR count). The molecule has 0 radical (unpaired) electrons. The summed E-state index contributed by atoms with van der Waals surface area (Å²) in [5, 5.41) is 8.63. The van der Waals surface area contributed by atoms with Gasteiger partial charge in [-0.15, -0.1) is 0 Å². The third-order valence-electron chi connectivity index (χ3n) is 2.54. The Kier molecular flexibility index (Phi) is 3.41.